The summed E-state index contributed by atoms with van der Waals surface area (Å²) in [6.45, 7) is 2.77. The van der Waals surface area contributed by atoms with E-state index in [-0.39, 0.29) is 29.0 Å². The molecule has 2 atom stereocenters. The van der Waals surface area contributed by atoms with Gasteiger partial charge in [-0.3, -0.25) is 4.79 Å². The fourth-order valence-corrected chi connectivity index (χ4v) is 6.63. The fraction of sp³-hybridized carbons (Fsp3) is 0.364. The van der Waals surface area contributed by atoms with Crippen molar-refractivity contribution in [1.29, 1.82) is 0 Å². The standard InChI is InChI=1S/C33H33FN6O4/c1-19-7-8-21-22(9-10-25(34)27(21)39-29(41)24-17-33(24)12-4-13-33)28(19)44-30-23(6-2-14-35-30)26-11-15-36-31(38-26)37-20-5-3-16-40(18-20)32(42)43/h2,6-11,14-15,20,24H,3-5,12-13,16-18H2,1H3,(H,39,41)(H,42,43)(H,36,37,38)/t20-,24-/m0/s1. The van der Waals surface area contributed by atoms with E-state index >= 15 is 4.39 Å². The number of halogens is 1. The Labute approximate surface area is 253 Å². The average molecular weight is 597 g/mol. The van der Waals surface area contributed by atoms with Crippen molar-refractivity contribution >= 4 is 34.4 Å². The van der Waals surface area contributed by atoms with Gasteiger partial charge in [0.1, 0.15) is 11.6 Å². The summed E-state index contributed by atoms with van der Waals surface area (Å²) in [5, 5.41) is 16.7. The van der Waals surface area contributed by atoms with Crippen molar-refractivity contribution in [3.8, 4) is 22.9 Å². The number of amides is 2. The number of fused-ring (bicyclic) bond motifs is 1. The molecule has 7 rings (SSSR count). The minimum Gasteiger partial charge on any atom is -0.465 e. The average Bonchev–Trinajstić information content (AvgIpc) is 3.78. The van der Waals surface area contributed by atoms with Gasteiger partial charge in [0.2, 0.25) is 17.7 Å². The highest BCUT2D eigenvalue weighted by Crippen LogP contribution is 2.65. The summed E-state index contributed by atoms with van der Waals surface area (Å²) in [5.74, 6) is 0.525. The molecule has 1 aliphatic heterocycles. The number of benzene rings is 2. The lowest BCUT2D eigenvalue weighted by Crippen LogP contribution is -2.44. The van der Waals surface area contributed by atoms with Gasteiger partial charge < -0.3 is 25.4 Å². The number of rotatable bonds is 7. The third kappa shape index (κ3) is 5.16. The number of carboxylic acid groups (broad SMARTS) is 1. The molecule has 1 saturated heterocycles. The number of carbonyl (C=O) groups is 2. The molecule has 2 aliphatic carbocycles. The minimum atomic E-state index is -0.936. The molecule has 11 heteroatoms. The van der Waals surface area contributed by atoms with Gasteiger partial charge in [0, 0.05) is 48.2 Å². The number of carbonyl (C=O) groups excluding carboxylic acids is 1. The number of aromatic nitrogens is 3. The zero-order valence-corrected chi connectivity index (χ0v) is 24.3. The van der Waals surface area contributed by atoms with Gasteiger partial charge in [0.15, 0.2) is 0 Å². The van der Waals surface area contributed by atoms with E-state index in [1.807, 2.05) is 19.1 Å². The van der Waals surface area contributed by atoms with Gasteiger partial charge in [-0.25, -0.2) is 24.1 Å². The smallest absolute Gasteiger partial charge is 0.407 e. The number of ether oxygens (including phenoxy) is 1. The molecule has 10 nitrogen and oxygen atoms in total. The first-order valence-corrected chi connectivity index (χ1v) is 15.0. The van der Waals surface area contributed by atoms with Crippen LogP contribution >= 0.6 is 0 Å². The molecule has 3 aliphatic rings. The largest absolute Gasteiger partial charge is 0.465 e. The number of pyridine rings is 1. The second kappa shape index (κ2) is 11.0. The summed E-state index contributed by atoms with van der Waals surface area (Å²) in [7, 11) is 0. The first-order chi connectivity index (χ1) is 21.3. The van der Waals surface area contributed by atoms with Crippen LogP contribution in [0.5, 0.6) is 11.6 Å². The van der Waals surface area contributed by atoms with Crippen LogP contribution in [0.25, 0.3) is 22.0 Å². The molecule has 0 radical (unpaired) electrons. The second-order valence-corrected chi connectivity index (χ2v) is 12.1. The number of anilines is 2. The maximum Gasteiger partial charge on any atom is 0.407 e. The third-order valence-corrected chi connectivity index (χ3v) is 9.33. The van der Waals surface area contributed by atoms with Crippen LogP contribution < -0.4 is 15.4 Å². The molecule has 2 aromatic carbocycles. The van der Waals surface area contributed by atoms with Gasteiger partial charge in [-0.1, -0.05) is 18.6 Å². The Morgan fingerprint density at radius 1 is 1.07 bits per heavy atom. The monoisotopic (exact) mass is 596 g/mol. The molecule has 2 amide bonds. The molecule has 3 N–H and O–H groups in total. The number of nitrogens with zero attached hydrogens (tertiary/aromatic N) is 4. The molecule has 226 valence electrons. The van der Waals surface area contributed by atoms with Crippen LogP contribution in [-0.2, 0) is 4.79 Å². The van der Waals surface area contributed by atoms with Gasteiger partial charge in [-0.2, -0.15) is 0 Å². The molecule has 0 bridgehead atoms. The molecule has 4 aromatic rings. The summed E-state index contributed by atoms with van der Waals surface area (Å²) in [5.41, 5.74) is 2.31. The number of piperidine rings is 1. The van der Waals surface area contributed by atoms with Gasteiger partial charge >= 0.3 is 6.09 Å². The fourth-order valence-electron chi connectivity index (χ4n) is 6.63. The first kappa shape index (κ1) is 28.0. The third-order valence-electron chi connectivity index (χ3n) is 9.33. The highest BCUT2D eigenvalue weighted by Gasteiger charge is 2.60. The zero-order chi connectivity index (χ0) is 30.4. The molecular formula is C33H33FN6O4. The molecule has 3 fully saturated rings. The van der Waals surface area contributed by atoms with Crippen molar-refractivity contribution in [3.63, 3.8) is 0 Å². The highest BCUT2D eigenvalue weighted by atomic mass is 19.1. The van der Waals surface area contributed by atoms with E-state index in [4.69, 9.17) is 9.72 Å². The minimum absolute atomic E-state index is 0.0513. The van der Waals surface area contributed by atoms with Crippen molar-refractivity contribution in [3.05, 3.63) is 66.2 Å². The van der Waals surface area contributed by atoms with Crippen molar-refractivity contribution < 1.29 is 23.8 Å². The van der Waals surface area contributed by atoms with Crippen LogP contribution in [0.1, 0.15) is 44.1 Å². The maximum atomic E-state index is 15.1. The SMILES string of the molecule is Cc1ccc2c(NC(=O)[C@@H]3CC34CCC4)c(F)ccc2c1Oc1ncccc1-c1ccnc(N[C@H]2CCCN(C(=O)O)C2)n1. The van der Waals surface area contributed by atoms with Gasteiger partial charge in [-0.05, 0) is 80.3 Å². The van der Waals surface area contributed by atoms with E-state index < -0.39 is 11.9 Å². The predicted octanol–water partition coefficient (Wildman–Crippen LogP) is 6.61. The van der Waals surface area contributed by atoms with Crippen LogP contribution in [-0.4, -0.2) is 56.1 Å². The lowest BCUT2D eigenvalue weighted by Gasteiger charge is -2.31. The Bertz CT molecular complexity index is 1780. The van der Waals surface area contributed by atoms with Gasteiger partial charge in [0.25, 0.3) is 0 Å². The summed E-state index contributed by atoms with van der Waals surface area (Å²) in [4.78, 5) is 39.4. The number of likely N-dealkylation sites (tertiary alicyclic amines) is 1. The Morgan fingerprint density at radius 2 is 1.91 bits per heavy atom. The topological polar surface area (TPSA) is 130 Å². The summed E-state index contributed by atoms with van der Waals surface area (Å²) in [6.07, 6.45) is 8.06. The van der Waals surface area contributed by atoms with Crippen molar-refractivity contribution in [1.82, 2.24) is 19.9 Å². The number of hydrogen-bond donors (Lipinski definition) is 3. The quantitative estimate of drug-likeness (QED) is 0.217. The van der Waals surface area contributed by atoms with Crippen molar-refractivity contribution in [2.24, 2.45) is 11.3 Å². The maximum absolute atomic E-state index is 15.1. The number of hydrogen-bond acceptors (Lipinski definition) is 7. The summed E-state index contributed by atoms with van der Waals surface area (Å²) >= 11 is 0. The number of nitrogens with one attached hydrogen (secondary N) is 2. The predicted molar refractivity (Wildman–Crippen MR) is 163 cm³/mol. The van der Waals surface area contributed by atoms with Gasteiger partial charge in [-0.15, -0.1) is 0 Å². The second-order valence-electron chi connectivity index (χ2n) is 12.1. The first-order valence-electron chi connectivity index (χ1n) is 15.0. The van der Waals surface area contributed by atoms with E-state index in [9.17, 15) is 14.7 Å². The number of aryl methyl sites for hydroxylation is 1. The molecule has 2 aromatic heterocycles. The van der Waals surface area contributed by atoms with Crippen molar-refractivity contribution in [2.75, 3.05) is 23.7 Å². The van der Waals surface area contributed by atoms with Crippen LogP contribution in [0, 0.1) is 24.1 Å². The molecule has 2 saturated carbocycles. The molecule has 0 unspecified atom stereocenters. The Kier molecular flexibility index (Phi) is 7.02. The molecule has 3 heterocycles. The normalized spacial score (nSPS) is 20.2. The zero-order valence-electron chi connectivity index (χ0n) is 24.3. The van der Waals surface area contributed by atoms with E-state index in [2.05, 4.69) is 20.6 Å². The van der Waals surface area contributed by atoms with E-state index in [0.717, 1.165) is 44.1 Å². The van der Waals surface area contributed by atoms with Crippen LogP contribution in [0.3, 0.4) is 0 Å². The Morgan fingerprint density at radius 3 is 2.68 bits per heavy atom. The molecule has 44 heavy (non-hydrogen) atoms. The highest BCUT2D eigenvalue weighted by molar-refractivity contribution is 6.06. The van der Waals surface area contributed by atoms with Crippen LogP contribution in [0.4, 0.5) is 20.8 Å². The van der Waals surface area contributed by atoms with Crippen LogP contribution in [0.15, 0.2) is 54.9 Å². The lowest BCUT2D eigenvalue weighted by atomic mass is 9.79. The molecule has 1 spiro atoms. The Hall–Kier alpha value is -4.80. The van der Waals surface area contributed by atoms with E-state index in [0.29, 0.717) is 52.7 Å². The van der Waals surface area contributed by atoms with E-state index in [1.165, 1.54) is 11.0 Å². The summed E-state index contributed by atoms with van der Waals surface area (Å²) in [6, 6.07) is 12.0. The van der Waals surface area contributed by atoms with Gasteiger partial charge in [0.05, 0.1) is 16.9 Å². The lowest BCUT2D eigenvalue weighted by molar-refractivity contribution is -0.118. The Balaban J connectivity index is 1.17. The van der Waals surface area contributed by atoms with Crippen LogP contribution in [0.2, 0.25) is 0 Å². The summed E-state index contributed by atoms with van der Waals surface area (Å²) < 4.78 is 21.6. The molecular weight excluding hydrogens is 563 g/mol. The van der Waals surface area contributed by atoms with E-state index in [1.54, 1.807) is 36.7 Å². The van der Waals surface area contributed by atoms with Crippen molar-refractivity contribution in [2.45, 2.75) is 51.5 Å².